The van der Waals surface area contributed by atoms with Gasteiger partial charge in [0.15, 0.2) is 0 Å². The van der Waals surface area contributed by atoms with Crippen molar-refractivity contribution < 1.29 is 24.7 Å². The van der Waals surface area contributed by atoms with Gasteiger partial charge in [0.25, 0.3) is 11.6 Å². The molecule has 2 rings (SSSR count). The highest BCUT2D eigenvalue weighted by Crippen LogP contribution is 2.34. The Hall–Kier alpha value is -3.62. The van der Waals surface area contributed by atoms with Crippen LogP contribution in [0.25, 0.3) is 0 Å². The topological polar surface area (TPSA) is 137 Å². The lowest BCUT2D eigenvalue weighted by Crippen LogP contribution is -2.17. The number of carbonyl (C=O) groups excluding carboxylic acids is 1. The number of rotatable bonds is 6. The van der Waals surface area contributed by atoms with E-state index in [9.17, 15) is 25.1 Å². The molecule has 0 atom stereocenters. The van der Waals surface area contributed by atoms with Gasteiger partial charge in [0.1, 0.15) is 11.5 Å². The molecule has 130 valence electrons. The number of amides is 1. The summed E-state index contributed by atoms with van der Waals surface area (Å²) in [4.78, 5) is 22.0. The summed E-state index contributed by atoms with van der Waals surface area (Å²) < 4.78 is 5.08. The van der Waals surface area contributed by atoms with Gasteiger partial charge in [-0.15, -0.1) is 0 Å². The van der Waals surface area contributed by atoms with Crippen molar-refractivity contribution in [2.45, 2.75) is 6.92 Å². The van der Waals surface area contributed by atoms with Crippen molar-refractivity contribution >= 4 is 17.8 Å². The van der Waals surface area contributed by atoms with Crippen LogP contribution in [-0.4, -0.2) is 28.8 Å². The Morgan fingerprint density at radius 1 is 1.40 bits per heavy atom. The summed E-state index contributed by atoms with van der Waals surface area (Å²) >= 11 is 0. The number of hydrogen-bond acceptors (Lipinski definition) is 7. The van der Waals surface area contributed by atoms with E-state index in [-0.39, 0.29) is 29.2 Å². The van der Waals surface area contributed by atoms with Crippen LogP contribution in [0.1, 0.15) is 22.8 Å². The largest absolute Gasteiger partial charge is 0.865 e. The monoisotopic (exact) mass is 344 g/mol. The maximum absolute atomic E-state index is 11.9. The Kier molecular flexibility index (Phi) is 5.51. The summed E-state index contributed by atoms with van der Waals surface area (Å²) in [6.45, 7) is 1.80. The molecule has 0 radical (unpaired) electrons. The van der Waals surface area contributed by atoms with E-state index >= 15 is 0 Å². The van der Waals surface area contributed by atoms with E-state index in [4.69, 9.17) is 4.74 Å². The lowest BCUT2D eigenvalue weighted by atomic mass is 10.2. The molecule has 0 fully saturated rings. The number of nitrogens with zero attached hydrogens (tertiary/aromatic N) is 2. The summed E-state index contributed by atoms with van der Waals surface area (Å²) in [6.07, 6.45) is 1.13. The number of nitrogens with one attached hydrogen (secondary N) is 1. The van der Waals surface area contributed by atoms with E-state index in [0.717, 1.165) is 12.3 Å². The molecule has 0 bridgehead atoms. The Labute approximate surface area is 142 Å². The van der Waals surface area contributed by atoms with Crippen molar-refractivity contribution in [2.24, 2.45) is 5.10 Å². The maximum Gasteiger partial charge on any atom is 0.275 e. The molecule has 0 aliphatic carbocycles. The van der Waals surface area contributed by atoms with Crippen molar-refractivity contribution in [3.8, 4) is 17.2 Å². The first-order valence-corrected chi connectivity index (χ1v) is 7.17. The van der Waals surface area contributed by atoms with Crippen molar-refractivity contribution in [3.05, 3.63) is 57.6 Å². The lowest BCUT2D eigenvalue weighted by molar-refractivity contribution is -0.398. The number of nitro benzene ring substituents is 1. The number of benzene rings is 2. The SMILES string of the molecule is CCOc1cc(/C=N/NC(=O)c2ccccc2O)cc([N+](=O)[O-])c1[O-]. The lowest BCUT2D eigenvalue weighted by Gasteiger charge is -2.14. The van der Waals surface area contributed by atoms with Gasteiger partial charge in [-0.2, -0.15) is 5.10 Å². The van der Waals surface area contributed by atoms with Crippen LogP contribution in [0.4, 0.5) is 5.69 Å². The van der Waals surface area contributed by atoms with Gasteiger partial charge >= 0.3 is 0 Å². The van der Waals surface area contributed by atoms with Crippen LogP contribution in [-0.2, 0) is 0 Å². The second-order valence-corrected chi connectivity index (χ2v) is 4.77. The van der Waals surface area contributed by atoms with Gasteiger partial charge in [0, 0.05) is 17.4 Å². The third-order valence-electron chi connectivity index (χ3n) is 3.08. The number of carbonyl (C=O) groups is 1. The molecule has 0 unspecified atom stereocenters. The van der Waals surface area contributed by atoms with E-state index in [1.807, 2.05) is 0 Å². The summed E-state index contributed by atoms with van der Waals surface area (Å²) in [5, 5.41) is 36.0. The number of aromatic hydroxyl groups is 1. The molecule has 0 aliphatic heterocycles. The minimum Gasteiger partial charge on any atom is -0.865 e. The number of nitro groups is 1. The number of hydrazone groups is 1. The summed E-state index contributed by atoms with van der Waals surface area (Å²) in [5.41, 5.74) is 1.76. The fourth-order valence-corrected chi connectivity index (χ4v) is 1.97. The smallest absolute Gasteiger partial charge is 0.275 e. The average Bonchev–Trinajstić information content (AvgIpc) is 2.57. The van der Waals surface area contributed by atoms with Gasteiger partial charge in [0.05, 0.1) is 23.3 Å². The highest BCUT2D eigenvalue weighted by Gasteiger charge is 2.13. The molecule has 2 aromatic rings. The number of hydrogen-bond donors (Lipinski definition) is 2. The molecule has 0 saturated heterocycles. The van der Waals surface area contributed by atoms with E-state index in [0.29, 0.717) is 0 Å². The second kappa shape index (κ2) is 7.77. The molecular weight excluding hydrogens is 330 g/mol. The summed E-state index contributed by atoms with van der Waals surface area (Å²) in [5.74, 6) is -1.87. The Balaban J connectivity index is 2.21. The molecule has 0 heterocycles. The van der Waals surface area contributed by atoms with E-state index in [1.165, 1.54) is 18.2 Å². The first-order valence-electron chi connectivity index (χ1n) is 7.17. The van der Waals surface area contributed by atoms with Gasteiger partial charge in [-0.25, -0.2) is 5.43 Å². The number of para-hydroxylation sites is 1. The van der Waals surface area contributed by atoms with Gasteiger partial charge < -0.3 is 14.9 Å². The Morgan fingerprint density at radius 2 is 2.12 bits per heavy atom. The first-order chi connectivity index (χ1) is 11.9. The van der Waals surface area contributed by atoms with Crippen LogP contribution in [0.2, 0.25) is 0 Å². The molecule has 9 nitrogen and oxygen atoms in total. The van der Waals surface area contributed by atoms with Crippen molar-refractivity contribution in [1.82, 2.24) is 5.43 Å². The molecule has 0 aromatic heterocycles. The molecule has 0 aliphatic rings. The first kappa shape index (κ1) is 17.7. The van der Waals surface area contributed by atoms with Crippen LogP contribution in [0.3, 0.4) is 0 Å². The van der Waals surface area contributed by atoms with E-state index in [1.54, 1.807) is 19.1 Å². The van der Waals surface area contributed by atoms with Gasteiger partial charge in [-0.3, -0.25) is 14.9 Å². The van der Waals surface area contributed by atoms with Gasteiger partial charge in [-0.1, -0.05) is 12.1 Å². The molecular formula is C16H14N3O6-. The predicted octanol–water partition coefficient (Wildman–Crippen LogP) is 1.54. The van der Waals surface area contributed by atoms with Crippen molar-refractivity contribution in [3.63, 3.8) is 0 Å². The molecule has 2 aromatic carbocycles. The zero-order chi connectivity index (χ0) is 18.4. The normalized spacial score (nSPS) is 10.6. The zero-order valence-electron chi connectivity index (χ0n) is 13.1. The Morgan fingerprint density at radius 3 is 2.76 bits per heavy atom. The fraction of sp³-hybridized carbons (Fsp3) is 0.125. The molecule has 25 heavy (non-hydrogen) atoms. The molecule has 0 saturated carbocycles. The van der Waals surface area contributed by atoms with Crippen LogP contribution < -0.4 is 15.3 Å². The van der Waals surface area contributed by atoms with E-state index in [2.05, 4.69) is 10.5 Å². The zero-order valence-corrected chi connectivity index (χ0v) is 13.1. The number of ether oxygens (including phenoxy) is 1. The third kappa shape index (κ3) is 4.22. The fourth-order valence-electron chi connectivity index (χ4n) is 1.97. The molecule has 0 spiro atoms. The van der Waals surface area contributed by atoms with Crippen LogP contribution in [0.5, 0.6) is 17.2 Å². The average molecular weight is 344 g/mol. The van der Waals surface area contributed by atoms with Gasteiger partial charge in [0.2, 0.25) is 0 Å². The number of phenols is 1. The minimum absolute atomic E-state index is 0.0237. The highest BCUT2D eigenvalue weighted by atomic mass is 16.6. The molecule has 2 N–H and O–H groups in total. The van der Waals surface area contributed by atoms with Crippen molar-refractivity contribution in [2.75, 3.05) is 6.61 Å². The quantitative estimate of drug-likeness (QED) is 0.463. The highest BCUT2D eigenvalue weighted by molar-refractivity contribution is 5.97. The summed E-state index contributed by atoms with van der Waals surface area (Å²) in [6, 6.07) is 8.21. The maximum atomic E-state index is 11.9. The van der Waals surface area contributed by atoms with Gasteiger partial charge in [-0.05, 0) is 25.1 Å². The van der Waals surface area contributed by atoms with Crippen LogP contribution in [0, 0.1) is 10.1 Å². The molecule has 1 amide bonds. The minimum atomic E-state index is -0.831. The van der Waals surface area contributed by atoms with Crippen LogP contribution >= 0.6 is 0 Å². The third-order valence-corrected chi connectivity index (χ3v) is 3.08. The van der Waals surface area contributed by atoms with E-state index < -0.39 is 22.3 Å². The number of phenolic OH excluding ortho intramolecular Hbond substituents is 1. The predicted molar refractivity (Wildman–Crippen MR) is 86.9 cm³/mol. The van der Waals surface area contributed by atoms with Crippen LogP contribution in [0.15, 0.2) is 41.5 Å². The molecule has 9 heteroatoms. The Bertz CT molecular complexity index is 835. The summed E-state index contributed by atoms with van der Waals surface area (Å²) in [7, 11) is 0. The van der Waals surface area contributed by atoms with Crippen molar-refractivity contribution in [1.29, 1.82) is 0 Å². The second-order valence-electron chi connectivity index (χ2n) is 4.77. The standard InChI is InChI=1S/C16H15N3O6/c1-2-25-14-8-10(7-12(15(14)21)19(23)24)9-17-18-16(22)11-5-3-4-6-13(11)20/h3-9,20-21H,2H2,1H3,(H,18,22)/p-1/b17-9+.